The lowest BCUT2D eigenvalue weighted by Crippen LogP contribution is -2.62. The molecule has 2 heterocycles. The van der Waals surface area contributed by atoms with E-state index in [2.05, 4.69) is 49.3 Å². The van der Waals surface area contributed by atoms with Crippen LogP contribution in [0.5, 0.6) is 0 Å². The van der Waals surface area contributed by atoms with Crippen molar-refractivity contribution in [1.29, 1.82) is 0 Å². The highest BCUT2D eigenvalue weighted by Crippen LogP contribution is 2.54. The topological polar surface area (TPSA) is 43.9 Å². The molecular formula is C35H35N3O2. The van der Waals surface area contributed by atoms with Crippen molar-refractivity contribution in [3.63, 3.8) is 0 Å². The number of anilines is 1. The van der Waals surface area contributed by atoms with Crippen molar-refractivity contribution in [3.05, 3.63) is 137 Å². The monoisotopic (exact) mass is 529 g/mol. The summed E-state index contributed by atoms with van der Waals surface area (Å²) in [6.07, 6.45) is 1.38. The van der Waals surface area contributed by atoms with E-state index < -0.39 is 11.5 Å². The highest BCUT2D eigenvalue weighted by atomic mass is 16.2. The van der Waals surface area contributed by atoms with Gasteiger partial charge in [0.15, 0.2) is 0 Å². The summed E-state index contributed by atoms with van der Waals surface area (Å²) >= 11 is 0. The zero-order valence-corrected chi connectivity index (χ0v) is 23.2. The van der Waals surface area contributed by atoms with Crippen LogP contribution in [0.4, 0.5) is 5.69 Å². The van der Waals surface area contributed by atoms with Gasteiger partial charge in [-0.15, -0.1) is 0 Å². The average molecular weight is 530 g/mol. The van der Waals surface area contributed by atoms with Gasteiger partial charge in [-0.3, -0.25) is 9.59 Å². The van der Waals surface area contributed by atoms with Crippen molar-refractivity contribution in [1.82, 2.24) is 9.80 Å². The van der Waals surface area contributed by atoms with Crippen molar-refractivity contribution >= 4 is 17.5 Å². The summed E-state index contributed by atoms with van der Waals surface area (Å²) in [7, 11) is 4.12. The van der Waals surface area contributed by atoms with Crippen LogP contribution in [0.2, 0.25) is 0 Å². The van der Waals surface area contributed by atoms with E-state index in [9.17, 15) is 4.79 Å². The SMILES string of the molecule is CN(C)CCCN1C(=O)[C@@]2(Cc3ccccc31)c1ccccc1C(=O)N(Cc1ccccc1)[C@H]2c1ccccc1. The van der Waals surface area contributed by atoms with Gasteiger partial charge in [0.05, 0.1) is 6.04 Å². The molecule has 0 fully saturated rings. The fraction of sp³-hybridized carbons (Fsp3) is 0.257. The molecule has 0 saturated carbocycles. The van der Waals surface area contributed by atoms with E-state index in [0.717, 1.165) is 40.9 Å². The quantitative estimate of drug-likeness (QED) is 0.301. The van der Waals surface area contributed by atoms with Crippen molar-refractivity contribution in [3.8, 4) is 0 Å². The molecule has 0 unspecified atom stereocenters. The molecular weight excluding hydrogens is 494 g/mol. The number of benzene rings is 4. The van der Waals surface area contributed by atoms with Gasteiger partial charge in [0.1, 0.15) is 5.41 Å². The molecule has 202 valence electrons. The number of fused-ring (bicyclic) bond motifs is 3. The van der Waals surface area contributed by atoms with Gasteiger partial charge in [-0.25, -0.2) is 0 Å². The van der Waals surface area contributed by atoms with Crippen LogP contribution in [0, 0.1) is 0 Å². The minimum Gasteiger partial charge on any atom is -0.326 e. The molecule has 2 atom stereocenters. The van der Waals surface area contributed by atoms with Crippen LogP contribution in [0.15, 0.2) is 109 Å². The molecule has 2 aliphatic rings. The van der Waals surface area contributed by atoms with E-state index in [1.807, 2.05) is 88.7 Å². The van der Waals surface area contributed by atoms with E-state index in [1.54, 1.807) is 0 Å². The Kier molecular flexibility index (Phi) is 6.99. The molecule has 0 radical (unpaired) electrons. The molecule has 1 spiro atoms. The first-order valence-electron chi connectivity index (χ1n) is 14.0. The Balaban J connectivity index is 1.59. The molecule has 40 heavy (non-hydrogen) atoms. The minimum absolute atomic E-state index is 0.0373. The van der Waals surface area contributed by atoms with Crippen LogP contribution >= 0.6 is 0 Å². The number of para-hydroxylation sites is 1. The number of carbonyl (C=O) groups is 2. The Morgan fingerprint density at radius 1 is 0.800 bits per heavy atom. The summed E-state index contributed by atoms with van der Waals surface area (Å²) in [5.74, 6) is 0.0292. The zero-order chi connectivity index (χ0) is 27.7. The van der Waals surface area contributed by atoms with Gasteiger partial charge in [0.25, 0.3) is 5.91 Å². The van der Waals surface area contributed by atoms with Crippen molar-refractivity contribution in [2.75, 3.05) is 32.1 Å². The van der Waals surface area contributed by atoms with Gasteiger partial charge >= 0.3 is 0 Å². The zero-order valence-electron chi connectivity index (χ0n) is 23.2. The number of nitrogens with zero attached hydrogens (tertiary/aromatic N) is 3. The maximum absolute atomic E-state index is 15.2. The predicted molar refractivity (Wildman–Crippen MR) is 159 cm³/mol. The fourth-order valence-electron chi connectivity index (χ4n) is 6.63. The molecule has 5 heteroatoms. The standard InChI is InChI=1S/C35H35N3O2/c1-36(2)22-13-23-37-31-21-12-9-18-28(31)24-35(34(37)40)30-20-11-10-19-29(30)33(39)38(25-26-14-5-3-6-15-26)32(35)27-16-7-4-8-17-27/h3-12,14-21,32H,13,22-25H2,1-2H3/t32-,35-/m0/s1. The third-order valence-corrected chi connectivity index (χ3v) is 8.35. The van der Waals surface area contributed by atoms with E-state index in [-0.39, 0.29) is 11.8 Å². The molecule has 5 nitrogen and oxygen atoms in total. The van der Waals surface area contributed by atoms with Gasteiger partial charge in [-0.1, -0.05) is 97.1 Å². The molecule has 0 N–H and O–H groups in total. The number of carbonyl (C=O) groups excluding carboxylic acids is 2. The summed E-state index contributed by atoms with van der Waals surface area (Å²) < 4.78 is 0. The van der Waals surface area contributed by atoms with Crippen LogP contribution in [0.1, 0.15) is 45.1 Å². The van der Waals surface area contributed by atoms with Crippen LogP contribution < -0.4 is 4.90 Å². The molecule has 0 bridgehead atoms. The molecule has 4 aromatic rings. The normalized spacial score (nSPS) is 20.1. The maximum Gasteiger partial charge on any atom is 0.255 e. The second-order valence-electron chi connectivity index (χ2n) is 11.2. The van der Waals surface area contributed by atoms with Gasteiger partial charge < -0.3 is 14.7 Å². The van der Waals surface area contributed by atoms with Crippen molar-refractivity contribution < 1.29 is 9.59 Å². The van der Waals surface area contributed by atoms with Gasteiger partial charge in [0.2, 0.25) is 5.91 Å². The Bertz CT molecular complexity index is 1520. The predicted octanol–water partition coefficient (Wildman–Crippen LogP) is 5.86. The van der Waals surface area contributed by atoms with Crippen molar-refractivity contribution in [2.45, 2.75) is 30.8 Å². The van der Waals surface area contributed by atoms with Crippen LogP contribution in [0.25, 0.3) is 0 Å². The fourth-order valence-corrected chi connectivity index (χ4v) is 6.63. The Morgan fingerprint density at radius 2 is 1.45 bits per heavy atom. The largest absolute Gasteiger partial charge is 0.326 e. The molecule has 0 aliphatic carbocycles. The third kappa shape index (κ3) is 4.40. The second kappa shape index (κ2) is 10.7. The van der Waals surface area contributed by atoms with Crippen LogP contribution in [-0.4, -0.2) is 48.8 Å². The van der Waals surface area contributed by atoms with Crippen LogP contribution in [0.3, 0.4) is 0 Å². The number of amides is 2. The smallest absolute Gasteiger partial charge is 0.255 e. The first kappa shape index (κ1) is 26.0. The lowest BCUT2D eigenvalue weighted by molar-refractivity contribution is -0.128. The lowest BCUT2D eigenvalue weighted by Gasteiger charge is -2.53. The van der Waals surface area contributed by atoms with E-state index in [0.29, 0.717) is 25.1 Å². The lowest BCUT2D eigenvalue weighted by atomic mass is 9.61. The Morgan fingerprint density at radius 3 is 2.20 bits per heavy atom. The van der Waals surface area contributed by atoms with Gasteiger partial charge in [-0.05, 0) is 67.9 Å². The molecule has 4 aromatic carbocycles. The number of hydrogen-bond donors (Lipinski definition) is 0. The minimum atomic E-state index is -0.965. The highest BCUT2D eigenvalue weighted by molar-refractivity contribution is 6.09. The summed E-state index contributed by atoms with van der Waals surface area (Å²) in [5, 5.41) is 0. The number of hydrogen-bond acceptors (Lipinski definition) is 3. The molecule has 2 amide bonds. The highest BCUT2D eigenvalue weighted by Gasteiger charge is 2.59. The Hall–Kier alpha value is -4.22. The molecule has 6 rings (SSSR count). The van der Waals surface area contributed by atoms with E-state index in [4.69, 9.17) is 0 Å². The first-order valence-corrected chi connectivity index (χ1v) is 14.0. The second-order valence-corrected chi connectivity index (χ2v) is 11.2. The summed E-state index contributed by atoms with van der Waals surface area (Å²) in [6, 6.07) is 35.8. The van der Waals surface area contributed by atoms with Gasteiger partial charge in [-0.2, -0.15) is 0 Å². The van der Waals surface area contributed by atoms with Gasteiger partial charge in [0, 0.05) is 24.3 Å². The summed E-state index contributed by atoms with van der Waals surface area (Å²) in [5.41, 5.74) is 4.61. The van der Waals surface area contributed by atoms with Crippen LogP contribution in [-0.2, 0) is 23.2 Å². The third-order valence-electron chi connectivity index (χ3n) is 8.35. The first-order chi connectivity index (χ1) is 19.5. The maximum atomic E-state index is 15.2. The molecule has 0 saturated heterocycles. The van der Waals surface area contributed by atoms with E-state index in [1.165, 1.54) is 0 Å². The van der Waals surface area contributed by atoms with Crippen molar-refractivity contribution in [2.24, 2.45) is 0 Å². The van der Waals surface area contributed by atoms with E-state index >= 15 is 4.79 Å². The summed E-state index contributed by atoms with van der Waals surface area (Å²) in [4.78, 5) is 35.6. The Labute approximate surface area is 236 Å². The molecule has 0 aromatic heterocycles. The average Bonchev–Trinajstić information content (AvgIpc) is 2.98. The molecule has 2 aliphatic heterocycles. The summed E-state index contributed by atoms with van der Waals surface area (Å²) in [6.45, 7) is 1.92. The number of rotatable bonds is 7.